The molecule has 0 saturated heterocycles. The van der Waals surface area contributed by atoms with Gasteiger partial charge in [0.2, 0.25) is 6.54 Å². The van der Waals surface area contributed by atoms with Gasteiger partial charge in [0.25, 0.3) is 0 Å². The summed E-state index contributed by atoms with van der Waals surface area (Å²) in [5, 5.41) is 11.5. The zero-order valence-electron chi connectivity index (χ0n) is 19.8. The van der Waals surface area contributed by atoms with E-state index in [0.717, 1.165) is 11.1 Å². The minimum Gasteiger partial charge on any atom is -0.491 e. The van der Waals surface area contributed by atoms with E-state index < -0.39 is 17.8 Å². The maximum atomic E-state index is 13.6. The molecule has 0 spiro atoms. The SMILES string of the molecule is COC(=O)c1ccc(C(C[N+](=O)[O-])C2CCc3cc(C(C)C)c(OC(C)C)cc3C2=O)cc1. The summed E-state index contributed by atoms with van der Waals surface area (Å²) in [6, 6.07) is 10.4. The molecule has 0 fully saturated rings. The zero-order valence-corrected chi connectivity index (χ0v) is 19.8. The number of carbonyl (C=O) groups excluding carboxylic acids is 2. The Morgan fingerprint density at radius 3 is 2.36 bits per heavy atom. The first-order valence-electron chi connectivity index (χ1n) is 11.3. The zero-order chi connectivity index (χ0) is 24.3. The van der Waals surface area contributed by atoms with Gasteiger partial charge in [0.15, 0.2) is 5.78 Å². The molecule has 2 aromatic carbocycles. The Hall–Kier alpha value is -3.22. The van der Waals surface area contributed by atoms with E-state index in [4.69, 9.17) is 9.47 Å². The molecule has 176 valence electrons. The summed E-state index contributed by atoms with van der Waals surface area (Å²) in [6.45, 7) is 7.71. The number of ketones is 1. The van der Waals surface area contributed by atoms with Gasteiger partial charge in [-0.15, -0.1) is 0 Å². The lowest BCUT2D eigenvalue weighted by molar-refractivity contribution is -0.484. The number of methoxy groups -OCH3 is 1. The van der Waals surface area contributed by atoms with Gasteiger partial charge in [-0.1, -0.05) is 32.0 Å². The van der Waals surface area contributed by atoms with Gasteiger partial charge >= 0.3 is 5.97 Å². The van der Waals surface area contributed by atoms with Gasteiger partial charge in [0.1, 0.15) is 5.75 Å². The average molecular weight is 454 g/mol. The van der Waals surface area contributed by atoms with Crippen molar-refractivity contribution in [1.29, 1.82) is 0 Å². The molecule has 0 bridgehead atoms. The predicted octanol–water partition coefficient (Wildman–Crippen LogP) is 5.19. The number of rotatable bonds is 8. The Morgan fingerprint density at radius 2 is 1.82 bits per heavy atom. The largest absolute Gasteiger partial charge is 0.491 e. The number of aryl methyl sites for hydroxylation is 1. The Balaban J connectivity index is 1.99. The van der Waals surface area contributed by atoms with Crippen LogP contribution in [0, 0.1) is 16.0 Å². The summed E-state index contributed by atoms with van der Waals surface area (Å²) in [4.78, 5) is 36.5. The van der Waals surface area contributed by atoms with Crippen molar-refractivity contribution in [2.45, 2.75) is 58.5 Å². The summed E-state index contributed by atoms with van der Waals surface area (Å²) < 4.78 is 10.7. The molecule has 33 heavy (non-hydrogen) atoms. The van der Waals surface area contributed by atoms with Gasteiger partial charge in [-0.05, 0) is 67.5 Å². The van der Waals surface area contributed by atoms with Crippen LogP contribution in [0.4, 0.5) is 0 Å². The first-order chi connectivity index (χ1) is 15.6. The topological polar surface area (TPSA) is 95.7 Å². The molecule has 7 heteroatoms. The molecule has 2 unspecified atom stereocenters. The highest BCUT2D eigenvalue weighted by Gasteiger charge is 2.38. The lowest BCUT2D eigenvalue weighted by Gasteiger charge is -2.30. The van der Waals surface area contributed by atoms with Gasteiger partial charge in [-0.3, -0.25) is 14.9 Å². The van der Waals surface area contributed by atoms with E-state index in [1.807, 2.05) is 19.9 Å². The predicted molar refractivity (Wildman–Crippen MR) is 125 cm³/mol. The number of Topliss-reactive ketones (excluding diaryl/α,β-unsaturated/α-hetero) is 1. The van der Waals surface area contributed by atoms with Crippen molar-refractivity contribution in [3.63, 3.8) is 0 Å². The van der Waals surface area contributed by atoms with Crippen molar-refractivity contribution >= 4 is 11.8 Å². The summed E-state index contributed by atoms with van der Waals surface area (Å²) in [7, 11) is 1.30. The number of hydrogen-bond donors (Lipinski definition) is 0. The molecule has 0 aliphatic heterocycles. The van der Waals surface area contributed by atoms with Gasteiger partial charge in [-0.25, -0.2) is 4.79 Å². The molecule has 0 radical (unpaired) electrons. The van der Waals surface area contributed by atoms with Crippen molar-refractivity contribution in [1.82, 2.24) is 0 Å². The highest BCUT2D eigenvalue weighted by molar-refractivity contribution is 6.01. The Kier molecular flexibility index (Phi) is 7.51. The van der Waals surface area contributed by atoms with E-state index in [2.05, 4.69) is 19.9 Å². The summed E-state index contributed by atoms with van der Waals surface area (Å²) in [5.41, 5.74) is 3.65. The van der Waals surface area contributed by atoms with Crippen molar-refractivity contribution < 1.29 is 24.0 Å². The number of nitro groups is 1. The number of benzene rings is 2. The summed E-state index contributed by atoms with van der Waals surface area (Å²) >= 11 is 0. The number of carbonyl (C=O) groups is 2. The van der Waals surface area contributed by atoms with Crippen LogP contribution in [-0.2, 0) is 11.2 Å². The normalized spacial score (nSPS) is 16.5. The first kappa shape index (κ1) is 24.4. The van der Waals surface area contributed by atoms with Crippen molar-refractivity contribution in [2.24, 2.45) is 5.92 Å². The summed E-state index contributed by atoms with van der Waals surface area (Å²) in [6.07, 6.45) is 1.16. The van der Waals surface area contributed by atoms with Crippen LogP contribution >= 0.6 is 0 Å². The molecule has 3 rings (SSSR count). The minimum atomic E-state index is -0.591. The number of esters is 1. The molecular formula is C26H31NO6. The average Bonchev–Trinajstić information content (AvgIpc) is 2.77. The van der Waals surface area contributed by atoms with E-state index in [1.165, 1.54) is 7.11 Å². The van der Waals surface area contributed by atoms with E-state index in [-0.39, 0.29) is 29.3 Å². The number of nitrogens with zero attached hydrogens (tertiary/aromatic N) is 1. The third-order valence-electron chi connectivity index (χ3n) is 6.14. The third kappa shape index (κ3) is 5.41. The lowest BCUT2D eigenvalue weighted by atomic mass is 9.73. The fourth-order valence-electron chi connectivity index (χ4n) is 4.52. The summed E-state index contributed by atoms with van der Waals surface area (Å²) in [5.74, 6) is -0.749. The standard InChI is InChI=1S/C26H31NO6/c1-15(2)21-12-19-10-11-20(25(28)22(19)13-24(21)33-16(3)4)23(14-27(30)31)17-6-8-18(9-7-17)26(29)32-5/h6-9,12-13,15-16,20,23H,10-11,14H2,1-5H3. The number of ether oxygens (including phenoxy) is 2. The van der Waals surface area contributed by atoms with Crippen LogP contribution in [0.5, 0.6) is 5.75 Å². The van der Waals surface area contributed by atoms with Crippen LogP contribution in [0.15, 0.2) is 36.4 Å². The molecule has 2 atom stereocenters. The minimum absolute atomic E-state index is 0.0365. The van der Waals surface area contributed by atoms with Gasteiger partial charge in [0.05, 0.1) is 24.7 Å². The van der Waals surface area contributed by atoms with Gasteiger partial charge in [0, 0.05) is 16.4 Å². The van der Waals surface area contributed by atoms with Crippen molar-refractivity contribution in [3.8, 4) is 5.75 Å². The van der Waals surface area contributed by atoms with Gasteiger partial charge in [-0.2, -0.15) is 0 Å². The quantitative estimate of drug-likeness (QED) is 0.310. The number of fused-ring (bicyclic) bond motifs is 1. The molecule has 0 saturated carbocycles. The molecule has 0 aromatic heterocycles. The monoisotopic (exact) mass is 453 g/mol. The molecule has 0 N–H and O–H groups in total. The highest BCUT2D eigenvalue weighted by Crippen LogP contribution is 2.40. The molecule has 7 nitrogen and oxygen atoms in total. The van der Waals surface area contributed by atoms with E-state index in [1.54, 1.807) is 24.3 Å². The van der Waals surface area contributed by atoms with E-state index in [0.29, 0.717) is 35.3 Å². The Bertz CT molecular complexity index is 1040. The highest BCUT2D eigenvalue weighted by atomic mass is 16.6. The van der Waals surface area contributed by atoms with Crippen LogP contribution in [0.3, 0.4) is 0 Å². The second kappa shape index (κ2) is 10.1. The second-order valence-corrected chi connectivity index (χ2v) is 9.11. The Morgan fingerprint density at radius 1 is 1.15 bits per heavy atom. The van der Waals surface area contributed by atoms with Crippen LogP contribution in [0.25, 0.3) is 0 Å². The van der Waals surface area contributed by atoms with Crippen LogP contribution in [0.2, 0.25) is 0 Å². The number of hydrogen-bond acceptors (Lipinski definition) is 6. The molecule has 0 heterocycles. The van der Waals surface area contributed by atoms with Gasteiger partial charge < -0.3 is 9.47 Å². The third-order valence-corrected chi connectivity index (χ3v) is 6.14. The fraction of sp³-hybridized carbons (Fsp3) is 0.462. The maximum absolute atomic E-state index is 13.6. The lowest BCUT2D eigenvalue weighted by Crippen LogP contribution is -2.32. The molecular weight excluding hydrogens is 422 g/mol. The van der Waals surface area contributed by atoms with Crippen LogP contribution < -0.4 is 4.74 Å². The smallest absolute Gasteiger partial charge is 0.337 e. The maximum Gasteiger partial charge on any atom is 0.337 e. The first-order valence-corrected chi connectivity index (χ1v) is 11.3. The molecule has 0 amide bonds. The van der Waals surface area contributed by atoms with E-state index >= 15 is 0 Å². The van der Waals surface area contributed by atoms with Crippen LogP contribution in [-0.4, -0.2) is 36.4 Å². The molecule has 1 aliphatic rings. The van der Waals surface area contributed by atoms with Crippen LogP contribution in [0.1, 0.15) is 83.4 Å². The van der Waals surface area contributed by atoms with Crippen molar-refractivity contribution in [2.75, 3.05) is 13.7 Å². The fourth-order valence-corrected chi connectivity index (χ4v) is 4.52. The second-order valence-electron chi connectivity index (χ2n) is 9.11. The van der Waals surface area contributed by atoms with Crippen molar-refractivity contribution in [3.05, 3.63) is 74.3 Å². The molecule has 1 aliphatic carbocycles. The Labute approximate surface area is 194 Å². The molecule has 2 aromatic rings. The van der Waals surface area contributed by atoms with E-state index in [9.17, 15) is 19.7 Å².